The summed E-state index contributed by atoms with van der Waals surface area (Å²) in [5, 5.41) is 12.0. The molecule has 2 aliphatic heterocycles. The Morgan fingerprint density at radius 1 is 1.00 bits per heavy atom. The molecule has 5 nitrogen and oxygen atoms in total. The van der Waals surface area contributed by atoms with Gasteiger partial charge in [-0.2, -0.15) is 0 Å². The predicted molar refractivity (Wildman–Crippen MR) is 43.2 cm³/mol. The molecule has 44 valence electrons. The van der Waals surface area contributed by atoms with Crippen LogP contribution in [-0.2, 0) is 0 Å². The molecule has 2 rings (SSSR count). The summed E-state index contributed by atoms with van der Waals surface area (Å²) in [6, 6.07) is 0. The van der Waals surface area contributed by atoms with E-state index in [1.54, 1.807) is 15.1 Å². The summed E-state index contributed by atoms with van der Waals surface area (Å²) in [5.41, 5.74) is 0. The van der Waals surface area contributed by atoms with Crippen LogP contribution < -0.4 is 20.6 Å². The Kier molecular flexibility index (Phi) is 2.06. The van der Waals surface area contributed by atoms with Crippen molar-refractivity contribution in [1.29, 1.82) is 0 Å². The van der Waals surface area contributed by atoms with Crippen molar-refractivity contribution in [1.82, 2.24) is 25.2 Å². The van der Waals surface area contributed by atoms with Crippen LogP contribution in [0.2, 0.25) is 0 Å². The van der Waals surface area contributed by atoms with Gasteiger partial charge in [0.25, 0.3) is 30.2 Å². The third-order valence-electron chi connectivity index (χ3n) is 1.39. The number of hydrogen-bond donors (Lipinski definition) is 4. The van der Waals surface area contributed by atoms with Crippen molar-refractivity contribution in [3.8, 4) is 0 Å². The average Bonchev–Trinajstić information content (AvgIpc) is 2.05. The van der Waals surface area contributed by atoms with Gasteiger partial charge in [0.2, 0.25) is 0 Å². The summed E-state index contributed by atoms with van der Waals surface area (Å²) < 4.78 is 1.94. The first-order chi connectivity index (χ1) is 4.97. The minimum Gasteiger partial charge on any atom is -0.380 e. The van der Waals surface area contributed by atoms with E-state index in [4.69, 9.17) is 0 Å². The maximum atomic E-state index is 3.07. The fraction of sp³-hybridized carbons (Fsp3) is 0. The van der Waals surface area contributed by atoms with E-state index >= 15 is 0 Å². The van der Waals surface area contributed by atoms with Gasteiger partial charge in [0.15, 0.2) is 0 Å². The van der Waals surface area contributed by atoms with Crippen molar-refractivity contribution in [3.05, 3.63) is 0 Å². The molecule has 0 unspecified atom stereocenters. The van der Waals surface area contributed by atoms with Crippen molar-refractivity contribution in [2.75, 3.05) is 0 Å². The van der Waals surface area contributed by atoms with Crippen LogP contribution in [0.3, 0.4) is 0 Å². The average molecular weight is 128 g/mol. The van der Waals surface area contributed by atoms with E-state index in [0.717, 1.165) is 0 Å². The lowest BCUT2D eigenvalue weighted by atomic mass is 9.61. The maximum absolute atomic E-state index is 3.07. The first-order valence-electron chi connectivity index (χ1n) is 3.08. The molecular weight excluding hydrogens is 124 g/mol. The predicted octanol–water partition coefficient (Wildman–Crippen LogP) is -4.20. The van der Waals surface area contributed by atoms with Crippen LogP contribution in [0.1, 0.15) is 0 Å². The molecule has 2 heterocycles. The molecule has 2 fully saturated rings. The Morgan fingerprint density at radius 3 is 2.10 bits per heavy atom. The largest absolute Gasteiger partial charge is 0.380 e. The van der Waals surface area contributed by atoms with Crippen LogP contribution in [0.5, 0.6) is 0 Å². The molecule has 10 heteroatoms. The first-order valence-corrected chi connectivity index (χ1v) is 3.08. The summed E-state index contributed by atoms with van der Waals surface area (Å²) in [4.78, 5) is 0. The highest BCUT2D eigenvalue weighted by atomic mass is 15.2. The molecule has 0 aromatic heterocycles. The molecule has 0 aromatic rings. The third-order valence-corrected chi connectivity index (χ3v) is 1.39. The highest BCUT2D eigenvalue weighted by Gasteiger charge is 2.30. The number of hydrogen-bond acceptors (Lipinski definition) is 5. The zero-order chi connectivity index (χ0) is 6.81. The minimum absolute atomic E-state index is 0.141. The zero-order valence-corrected chi connectivity index (χ0v) is 5.33. The second kappa shape index (κ2) is 3.02. The molecule has 0 amide bonds. The molecule has 10 heavy (non-hydrogen) atoms. The molecule has 0 bridgehead atoms. The fourth-order valence-corrected chi connectivity index (χ4v) is 0.907. The van der Waals surface area contributed by atoms with Crippen LogP contribution >= 0.6 is 0 Å². The van der Waals surface area contributed by atoms with Crippen molar-refractivity contribution >= 4 is 37.3 Å². The Morgan fingerprint density at radius 2 is 1.60 bits per heavy atom. The Hall–Kier alpha value is 0.125. The molecule has 0 aliphatic carbocycles. The summed E-state index contributed by atoms with van der Waals surface area (Å²) in [5.74, 6) is 0. The molecular formula is H4B5N5. The normalized spacial score (nSPS) is 25.0. The zero-order valence-electron chi connectivity index (χ0n) is 5.33. The Labute approximate surface area is 63.3 Å². The monoisotopic (exact) mass is 129 g/mol. The SMILES string of the molecule is [B]1N[B]N2[B]N[B]NB2N1. The lowest BCUT2D eigenvalue weighted by Gasteiger charge is -2.36. The smallest absolute Gasteiger partial charge is 0.354 e. The molecule has 2 aliphatic rings. The van der Waals surface area contributed by atoms with Gasteiger partial charge in [-0.05, 0) is 0 Å². The van der Waals surface area contributed by atoms with E-state index in [0.29, 0.717) is 0 Å². The maximum Gasteiger partial charge on any atom is 0.354 e. The van der Waals surface area contributed by atoms with Crippen molar-refractivity contribution in [3.63, 3.8) is 0 Å². The summed E-state index contributed by atoms with van der Waals surface area (Å²) >= 11 is 0. The van der Waals surface area contributed by atoms with Gasteiger partial charge in [-0.3, -0.25) is 0 Å². The van der Waals surface area contributed by atoms with Crippen LogP contribution in [0.25, 0.3) is 0 Å². The molecule has 0 atom stereocenters. The molecule has 4 N–H and O–H groups in total. The van der Waals surface area contributed by atoms with Gasteiger partial charge in [-0.25, -0.2) is 0 Å². The Balaban J connectivity index is 1.93. The van der Waals surface area contributed by atoms with Crippen LogP contribution in [0, 0.1) is 0 Å². The van der Waals surface area contributed by atoms with E-state index in [1.165, 1.54) is 0 Å². The van der Waals surface area contributed by atoms with E-state index in [1.807, 2.05) is 19.7 Å². The molecule has 0 aromatic carbocycles. The van der Waals surface area contributed by atoms with E-state index < -0.39 is 0 Å². The number of nitrogens with one attached hydrogen (secondary N) is 4. The van der Waals surface area contributed by atoms with E-state index in [9.17, 15) is 0 Å². The van der Waals surface area contributed by atoms with Gasteiger partial charge in [-0.15, -0.1) is 0 Å². The van der Waals surface area contributed by atoms with Crippen molar-refractivity contribution < 1.29 is 0 Å². The second-order valence-electron chi connectivity index (χ2n) is 2.06. The lowest BCUT2D eigenvalue weighted by molar-refractivity contribution is 0.905. The molecule has 0 saturated carbocycles. The van der Waals surface area contributed by atoms with Gasteiger partial charge in [0, 0.05) is 0 Å². The van der Waals surface area contributed by atoms with E-state index in [-0.39, 0.29) is 7.12 Å². The second-order valence-corrected chi connectivity index (χ2v) is 2.06. The topological polar surface area (TPSA) is 51.4 Å². The Bertz CT molecular complexity index is 90.6. The van der Waals surface area contributed by atoms with Gasteiger partial charge in [0.1, 0.15) is 0 Å². The van der Waals surface area contributed by atoms with Crippen LogP contribution in [0.4, 0.5) is 0 Å². The van der Waals surface area contributed by atoms with Crippen molar-refractivity contribution in [2.24, 2.45) is 0 Å². The molecule has 2 saturated heterocycles. The minimum atomic E-state index is 0.141. The van der Waals surface area contributed by atoms with Crippen molar-refractivity contribution in [2.45, 2.75) is 0 Å². The lowest BCUT2D eigenvalue weighted by Crippen LogP contribution is -2.78. The standard InChI is InChI=1S/B5H4N5/c1-6-3-10-4-7-2-9-5(10)8-1/h6-9H. The van der Waals surface area contributed by atoms with Gasteiger partial charge in [-0.1, -0.05) is 0 Å². The van der Waals surface area contributed by atoms with Gasteiger partial charge >= 0.3 is 7.12 Å². The summed E-state index contributed by atoms with van der Waals surface area (Å²) in [6.07, 6.45) is 0. The van der Waals surface area contributed by atoms with Gasteiger partial charge in [0.05, 0.1) is 0 Å². The number of fused-ring (bicyclic) bond motifs is 1. The molecule has 0 spiro atoms. The highest BCUT2D eigenvalue weighted by molar-refractivity contribution is 6.86. The first kappa shape index (κ1) is 6.81. The quantitative estimate of drug-likeness (QED) is 0.249. The highest BCUT2D eigenvalue weighted by Crippen LogP contribution is 1.86. The van der Waals surface area contributed by atoms with E-state index in [2.05, 4.69) is 20.6 Å². The number of rotatable bonds is 0. The van der Waals surface area contributed by atoms with Crippen LogP contribution in [0.15, 0.2) is 0 Å². The summed E-state index contributed by atoms with van der Waals surface area (Å²) in [7, 11) is 7.41. The molecule has 4 radical (unpaired) electrons. The third kappa shape index (κ3) is 1.26. The van der Waals surface area contributed by atoms with Crippen LogP contribution in [-0.4, -0.2) is 41.9 Å². The van der Waals surface area contributed by atoms with Gasteiger partial charge < -0.3 is 25.2 Å². The summed E-state index contributed by atoms with van der Waals surface area (Å²) in [6.45, 7) is 0. The number of nitrogens with zero attached hydrogens (tertiary/aromatic N) is 1. The fourth-order valence-electron chi connectivity index (χ4n) is 0.907.